The van der Waals surface area contributed by atoms with E-state index >= 15 is 0 Å². The van der Waals surface area contributed by atoms with Crippen LogP contribution in [0.2, 0.25) is 0 Å². The van der Waals surface area contributed by atoms with Gasteiger partial charge in [-0.3, -0.25) is 0 Å². The van der Waals surface area contributed by atoms with E-state index < -0.39 is 11.7 Å². The molecular weight excluding hydrogens is 219 g/mol. The van der Waals surface area contributed by atoms with Gasteiger partial charge in [-0.05, 0) is 25.1 Å². The maximum atomic E-state index is 12.4. The molecule has 0 aromatic heterocycles. The van der Waals surface area contributed by atoms with E-state index in [-0.39, 0.29) is 17.9 Å². The molecule has 1 aromatic rings. The van der Waals surface area contributed by atoms with Crippen molar-refractivity contribution in [3.63, 3.8) is 0 Å². The van der Waals surface area contributed by atoms with Crippen molar-refractivity contribution < 1.29 is 17.9 Å². The van der Waals surface area contributed by atoms with Gasteiger partial charge in [0.2, 0.25) is 0 Å². The highest BCUT2D eigenvalue weighted by Crippen LogP contribution is 2.31. The second kappa shape index (κ2) is 3.97. The van der Waals surface area contributed by atoms with E-state index in [1.54, 1.807) is 6.07 Å². The smallest absolute Gasteiger partial charge is 0.416 e. The number of rotatable bonds is 2. The third-order valence-corrected chi connectivity index (χ3v) is 2.65. The van der Waals surface area contributed by atoms with Crippen molar-refractivity contribution in [1.29, 1.82) is 0 Å². The molecule has 0 saturated carbocycles. The molecule has 1 N–H and O–H groups in total. The standard InChI is InChI=1S/C11H12F3NO/c1-7-10(6-15-7)16-9-4-2-3-8(5-9)11(12,13)14/h2-5,7,10,15H,6H2,1H3/t7-,10+/m1/s1. The van der Waals surface area contributed by atoms with Crippen LogP contribution in [0.25, 0.3) is 0 Å². The van der Waals surface area contributed by atoms with Crippen LogP contribution < -0.4 is 10.1 Å². The Labute approximate surface area is 91.4 Å². The molecular formula is C11H12F3NO. The van der Waals surface area contributed by atoms with Gasteiger partial charge < -0.3 is 10.1 Å². The topological polar surface area (TPSA) is 21.3 Å². The van der Waals surface area contributed by atoms with Gasteiger partial charge in [-0.15, -0.1) is 0 Å². The first-order valence-electron chi connectivity index (χ1n) is 5.04. The van der Waals surface area contributed by atoms with E-state index in [0.29, 0.717) is 6.54 Å². The Morgan fingerprint density at radius 2 is 2.12 bits per heavy atom. The van der Waals surface area contributed by atoms with Gasteiger partial charge in [0.15, 0.2) is 0 Å². The zero-order valence-electron chi connectivity index (χ0n) is 8.71. The summed E-state index contributed by atoms with van der Waals surface area (Å²) in [5.74, 6) is 0.271. The second-order valence-corrected chi connectivity index (χ2v) is 3.88. The summed E-state index contributed by atoms with van der Waals surface area (Å²) in [5, 5.41) is 3.08. The molecule has 0 unspecified atom stereocenters. The van der Waals surface area contributed by atoms with E-state index in [4.69, 9.17) is 4.74 Å². The van der Waals surface area contributed by atoms with E-state index in [1.807, 2.05) is 6.92 Å². The lowest BCUT2D eigenvalue weighted by Gasteiger charge is -2.35. The van der Waals surface area contributed by atoms with Crippen molar-refractivity contribution in [2.75, 3.05) is 6.54 Å². The number of hydrogen-bond acceptors (Lipinski definition) is 2. The van der Waals surface area contributed by atoms with Crippen LogP contribution in [0.4, 0.5) is 13.2 Å². The zero-order valence-corrected chi connectivity index (χ0v) is 8.71. The Bertz CT molecular complexity index is 378. The molecule has 88 valence electrons. The molecule has 1 saturated heterocycles. The van der Waals surface area contributed by atoms with Crippen molar-refractivity contribution >= 4 is 0 Å². The highest BCUT2D eigenvalue weighted by atomic mass is 19.4. The molecule has 0 spiro atoms. The highest BCUT2D eigenvalue weighted by molar-refractivity contribution is 5.30. The number of ether oxygens (including phenoxy) is 1. The Morgan fingerprint density at radius 3 is 2.62 bits per heavy atom. The van der Waals surface area contributed by atoms with Crippen molar-refractivity contribution in [1.82, 2.24) is 5.32 Å². The molecule has 1 heterocycles. The van der Waals surface area contributed by atoms with Gasteiger partial charge in [0.25, 0.3) is 0 Å². The molecule has 1 fully saturated rings. The molecule has 0 radical (unpaired) electrons. The molecule has 1 aliphatic heterocycles. The van der Waals surface area contributed by atoms with E-state index in [2.05, 4.69) is 5.32 Å². The molecule has 5 heteroatoms. The van der Waals surface area contributed by atoms with Gasteiger partial charge >= 0.3 is 6.18 Å². The number of benzene rings is 1. The van der Waals surface area contributed by atoms with Gasteiger partial charge in [-0.25, -0.2) is 0 Å². The SMILES string of the molecule is C[C@H]1NC[C@@H]1Oc1cccc(C(F)(F)F)c1. The molecule has 2 atom stereocenters. The largest absolute Gasteiger partial charge is 0.487 e. The second-order valence-electron chi connectivity index (χ2n) is 3.88. The normalized spacial score (nSPS) is 25.0. The van der Waals surface area contributed by atoms with Crippen LogP contribution in [0.3, 0.4) is 0 Å². The molecule has 1 aromatic carbocycles. The van der Waals surface area contributed by atoms with Gasteiger partial charge in [0.1, 0.15) is 11.9 Å². The summed E-state index contributed by atoms with van der Waals surface area (Å²) < 4.78 is 42.7. The predicted molar refractivity (Wildman–Crippen MR) is 53.3 cm³/mol. The summed E-state index contributed by atoms with van der Waals surface area (Å²) in [6, 6.07) is 5.16. The number of hydrogen-bond donors (Lipinski definition) is 1. The van der Waals surface area contributed by atoms with Crippen molar-refractivity contribution in [3.8, 4) is 5.75 Å². The maximum Gasteiger partial charge on any atom is 0.416 e. The fourth-order valence-corrected chi connectivity index (χ4v) is 1.51. The van der Waals surface area contributed by atoms with Crippen LogP contribution >= 0.6 is 0 Å². The monoisotopic (exact) mass is 231 g/mol. The minimum atomic E-state index is -4.32. The lowest BCUT2D eigenvalue weighted by molar-refractivity contribution is -0.137. The molecule has 0 amide bonds. The molecule has 16 heavy (non-hydrogen) atoms. The molecule has 0 aliphatic carbocycles. The summed E-state index contributed by atoms with van der Waals surface area (Å²) in [6.07, 6.45) is -4.36. The highest BCUT2D eigenvalue weighted by Gasteiger charge is 2.32. The molecule has 2 rings (SSSR count). The van der Waals surface area contributed by atoms with Crippen LogP contribution in [0.5, 0.6) is 5.75 Å². The average molecular weight is 231 g/mol. The zero-order chi connectivity index (χ0) is 11.8. The fourth-order valence-electron chi connectivity index (χ4n) is 1.51. The van der Waals surface area contributed by atoms with Crippen molar-refractivity contribution in [2.24, 2.45) is 0 Å². The van der Waals surface area contributed by atoms with Crippen LogP contribution in [0, 0.1) is 0 Å². The summed E-state index contributed by atoms with van der Waals surface area (Å²) in [5.41, 5.74) is -0.676. The number of halogens is 3. The third kappa shape index (κ3) is 2.29. The van der Waals surface area contributed by atoms with Gasteiger partial charge in [0.05, 0.1) is 5.56 Å². The summed E-state index contributed by atoms with van der Waals surface area (Å²) in [6.45, 7) is 2.61. The Balaban J connectivity index is 2.10. The van der Waals surface area contributed by atoms with Crippen LogP contribution in [0.1, 0.15) is 12.5 Å². The summed E-state index contributed by atoms with van der Waals surface area (Å²) in [7, 11) is 0. The van der Waals surface area contributed by atoms with Gasteiger partial charge in [-0.1, -0.05) is 6.07 Å². The van der Waals surface area contributed by atoms with Crippen LogP contribution in [-0.4, -0.2) is 18.7 Å². The number of nitrogens with one attached hydrogen (secondary N) is 1. The minimum absolute atomic E-state index is 0.0384. The molecule has 0 bridgehead atoms. The lowest BCUT2D eigenvalue weighted by atomic mass is 10.1. The number of alkyl halides is 3. The molecule has 2 nitrogen and oxygen atoms in total. The first kappa shape index (κ1) is 11.3. The van der Waals surface area contributed by atoms with E-state index in [9.17, 15) is 13.2 Å². The Hall–Kier alpha value is -1.23. The van der Waals surface area contributed by atoms with Crippen LogP contribution in [0.15, 0.2) is 24.3 Å². The quantitative estimate of drug-likeness (QED) is 0.844. The third-order valence-electron chi connectivity index (χ3n) is 2.65. The lowest BCUT2D eigenvalue weighted by Crippen LogP contribution is -2.58. The Kier molecular flexibility index (Phi) is 2.80. The van der Waals surface area contributed by atoms with Gasteiger partial charge in [0, 0.05) is 12.6 Å². The minimum Gasteiger partial charge on any atom is -0.487 e. The van der Waals surface area contributed by atoms with E-state index in [1.165, 1.54) is 6.07 Å². The van der Waals surface area contributed by atoms with Crippen molar-refractivity contribution in [3.05, 3.63) is 29.8 Å². The Morgan fingerprint density at radius 1 is 1.38 bits per heavy atom. The molecule has 1 aliphatic rings. The van der Waals surface area contributed by atoms with E-state index in [0.717, 1.165) is 12.1 Å². The first-order chi connectivity index (χ1) is 7.47. The van der Waals surface area contributed by atoms with Crippen molar-refractivity contribution in [2.45, 2.75) is 25.2 Å². The average Bonchev–Trinajstić information content (AvgIpc) is 2.23. The predicted octanol–water partition coefficient (Wildman–Crippen LogP) is 2.44. The fraction of sp³-hybridized carbons (Fsp3) is 0.455. The van der Waals surface area contributed by atoms with Gasteiger partial charge in [-0.2, -0.15) is 13.2 Å². The maximum absolute atomic E-state index is 12.4. The van der Waals surface area contributed by atoms with Crippen LogP contribution in [-0.2, 0) is 6.18 Å². The summed E-state index contributed by atoms with van der Waals surface area (Å²) >= 11 is 0. The summed E-state index contributed by atoms with van der Waals surface area (Å²) in [4.78, 5) is 0. The first-order valence-corrected chi connectivity index (χ1v) is 5.04.